The number of carboxylic acid groups (broad SMARTS) is 1. The molecule has 3 fully saturated rings. The first kappa shape index (κ1) is 39.2. The lowest BCUT2D eigenvalue weighted by Crippen LogP contribution is -2.56. The average Bonchev–Trinajstić information content (AvgIpc) is 3.59. The van der Waals surface area contributed by atoms with Crippen LogP contribution in [-0.2, 0) is 23.9 Å². The molecule has 56 heavy (non-hydrogen) atoms. The number of carboxylic acids is 1. The van der Waals surface area contributed by atoms with Crippen LogP contribution in [0.3, 0.4) is 0 Å². The zero-order valence-electron chi connectivity index (χ0n) is 32.0. The average molecular weight is 787 g/mol. The maximum absolute atomic E-state index is 14.5. The molecule has 14 nitrogen and oxygen atoms in total. The molecule has 2 aliphatic carbocycles. The molecule has 15 heteroatoms. The maximum Gasteiger partial charge on any atom is 0.408 e. The van der Waals surface area contributed by atoms with Crippen LogP contribution < -0.4 is 20.7 Å². The summed E-state index contributed by atoms with van der Waals surface area (Å²) in [5.41, 5.74) is 1.19. The van der Waals surface area contributed by atoms with Gasteiger partial charge in [-0.15, -0.1) is 11.3 Å². The molecule has 4 N–H and O–H groups in total. The number of aryl methyl sites for hydroxylation is 1. The first-order valence-corrected chi connectivity index (χ1v) is 20.6. The van der Waals surface area contributed by atoms with Gasteiger partial charge in [-0.1, -0.05) is 51.0 Å². The van der Waals surface area contributed by atoms with Gasteiger partial charge in [0.1, 0.15) is 41.3 Å². The molecule has 2 saturated carbocycles. The molecule has 4 heterocycles. The van der Waals surface area contributed by atoms with Crippen molar-refractivity contribution in [1.82, 2.24) is 25.5 Å². The maximum atomic E-state index is 14.5. The lowest BCUT2D eigenvalue weighted by atomic mass is 10.0. The predicted octanol–water partition coefficient (Wildman–Crippen LogP) is 6.13. The number of carbonyl (C=O) groups excluding carboxylic acids is 4. The largest absolute Gasteiger partial charge is 0.488 e. The van der Waals surface area contributed by atoms with Gasteiger partial charge in [-0.3, -0.25) is 14.4 Å². The van der Waals surface area contributed by atoms with E-state index in [4.69, 9.17) is 14.5 Å². The van der Waals surface area contributed by atoms with Gasteiger partial charge in [0.15, 0.2) is 5.13 Å². The van der Waals surface area contributed by atoms with Crippen molar-refractivity contribution in [2.75, 3.05) is 11.9 Å². The fourth-order valence-electron chi connectivity index (χ4n) is 7.95. The Kier molecular flexibility index (Phi) is 11.6. The molecule has 0 unspecified atom stereocenters. The van der Waals surface area contributed by atoms with Crippen LogP contribution in [0.2, 0.25) is 0 Å². The summed E-state index contributed by atoms with van der Waals surface area (Å²) in [5.74, 6) is -2.40. The quantitative estimate of drug-likeness (QED) is 0.194. The van der Waals surface area contributed by atoms with Crippen LogP contribution in [0, 0.1) is 18.8 Å². The van der Waals surface area contributed by atoms with Gasteiger partial charge in [0.05, 0.1) is 17.8 Å². The normalized spacial score (nSPS) is 26.4. The Bertz CT molecular complexity index is 2030. The SMILES string of the molecule is Cc1cccc2c(O[C@@H]3C[C@H]4C(=O)N[C@]5(C(=O)O)C[C@@H]5/C=C\CCCCC[C@H](NC(=O)OC5CCCC5)C(=O)N4C3)cc(-c3csc(NC(=O)C(C)C)n3)nc12. The molecule has 2 aliphatic heterocycles. The molecule has 2 aromatic heterocycles. The summed E-state index contributed by atoms with van der Waals surface area (Å²) in [4.78, 5) is 77.8. The predicted molar refractivity (Wildman–Crippen MR) is 210 cm³/mol. The van der Waals surface area contributed by atoms with Crippen LogP contribution in [0.5, 0.6) is 5.75 Å². The van der Waals surface area contributed by atoms with Crippen LogP contribution in [0.15, 0.2) is 41.8 Å². The van der Waals surface area contributed by atoms with Crippen molar-refractivity contribution in [2.45, 2.75) is 121 Å². The molecular formula is C41H50N6O8S. The van der Waals surface area contributed by atoms with Gasteiger partial charge in [0, 0.05) is 35.1 Å². The first-order valence-electron chi connectivity index (χ1n) is 19.8. The summed E-state index contributed by atoms with van der Waals surface area (Å²) in [5, 5.41) is 21.7. The van der Waals surface area contributed by atoms with E-state index in [1.54, 1.807) is 19.9 Å². The minimum absolute atomic E-state index is 0.0171. The highest BCUT2D eigenvalue weighted by molar-refractivity contribution is 7.14. The summed E-state index contributed by atoms with van der Waals surface area (Å²) >= 11 is 1.29. The number of alkyl carbamates (subject to hydrolysis) is 1. The minimum atomic E-state index is -1.46. The Labute approximate surface area is 329 Å². The Balaban J connectivity index is 1.19. The fourth-order valence-corrected chi connectivity index (χ4v) is 8.66. The molecule has 1 aromatic carbocycles. The van der Waals surface area contributed by atoms with Crippen LogP contribution in [0.1, 0.15) is 90.0 Å². The van der Waals surface area contributed by atoms with Gasteiger partial charge in [0.2, 0.25) is 17.7 Å². The fraction of sp³-hybridized carbons (Fsp3) is 0.537. The number of amides is 4. The molecule has 0 spiro atoms. The number of fused-ring (bicyclic) bond motifs is 3. The zero-order chi connectivity index (χ0) is 39.6. The number of hydrogen-bond acceptors (Lipinski definition) is 10. The van der Waals surface area contributed by atoms with Gasteiger partial charge < -0.3 is 35.4 Å². The molecule has 0 bridgehead atoms. The summed E-state index contributed by atoms with van der Waals surface area (Å²) in [6.07, 6.45) is 9.57. The molecule has 7 rings (SSSR count). The van der Waals surface area contributed by atoms with E-state index in [1.165, 1.54) is 16.2 Å². The molecule has 298 valence electrons. The van der Waals surface area contributed by atoms with E-state index in [0.717, 1.165) is 55.9 Å². The van der Waals surface area contributed by atoms with E-state index < -0.39 is 47.6 Å². The van der Waals surface area contributed by atoms with E-state index in [2.05, 4.69) is 20.9 Å². The third-order valence-corrected chi connectivity index (χ3v) is 12.1. The summed E-state index contributed by atoms with van der Waals surface area (Å²) in [6, 6.07) is 5.49. The van der Waals surface area contributed by atoms with Crippen molar-refractivity contribution in [1.29, 1.82) is 0 Å². The second-order valence-electron chi connectivity index (χ2n) is 15.8. The summed E-state index contributed by atoms with van der Waals surface area (Å²) in [7, 11) is 0. The van der Waals surface area contributed by atoms with Crippen molar-refractivity contribution >= 4 is 57.2 Å². The van der Waals surface area contributed by atoms with Gasteiger partial charge in [-0.05, 0) is 69.9 Å². The molecule has 4 amide bonds. The summed E-state index contributed by atoms with van der Waals surface area (Å²) in [6.45, 7) is 5.57. The standard InChI is InChI=1S/C41H50N6O8S/c1-23(2)35(48)45-39-43-31(22-56-39)30-19-33(28-16-11-12-24(3)34(28)42-30)54-27-18-32-36(49)46-41(38(51)52)20-25(41)13-7-5-4-6-8-17-29(37(50)47(32)21-27)44-40(53)55-26-14-9-10-15-26/h7,11-13,16,19,22-23,25-27,29,32H,4-6,8-10,14-15,17-18,20-21H2,1-3H3,(H,44,53)(H,46,49)(H,51,52)(H,43,45,48)/b13-7-/t25-,27+,29-,32-,41+/m0/s1. The van der Waals surface area contributed by atoms with Gasteiger partial charge in [0.25, 0.3) is 0 Å². The monoisotopic (exact) mass is 786 g/mol. The molecule has 0 radical (unpaired) electrons. The highest BCUT2D eigenvalue weighted by Gasteiger charge is 2.61. The Hall–Kier alpha value is -5.05. The molecule has 1 saturated heterocycles. The first-order chi connectivity index (χ1) is 26.9. The number of allylic oxidation sites excluding steroid dienone is 1. The Morgan fingerprint density at radius 2 is 1.82 bits per heavy atom. The number of aromatic nitrogens is 2. The topological polar surface area (TPSA) is 189 Å². The van der Waals surface area contributed by atoms with E-state index in [-0.39, 0.29) is 43.2 Å². The van der Waals surface area contributed by atoms with E-state index in [1.807, 2.05) is 42.7 Å². The van der Waals surface area contributed by atoms with Crippen molar-refractivity contribution in [3.63, 3.8) is 0 Å². The van der Waals surface area contributed by atoms with Crippen LogP contribution in [-0.4, -0.2) is 86.1 Å². The van der Waals surface area contributed by atoms with Gasteiger partial charge in [-0.2, -0.15) is 0 Å². The van der Waals surface area contributed by atoms with Gasteiger partial charge >= 0.3 is 12.1 Å². The lowest BCUT2D eigenvalue weighted by Gasteiger charge is -2.29. The third-order valence-electron chi connectivity index (χ3n) is 11.3. The highest BCUT2D eigenvalue weighted by atomic mass is 32.1. The van der Waals surface area contributed by atoms with Crippen molar-refractivity contribution < 1.29 is 38.6 Å². The number of para-hydroxylation sites is 1. The summed E-state index contributed by atoms with van der Waals surface area (Å²) < 4.78 is 12.4. The number of pyridine rings is 1. The Morgan fingerprint density at radius 3 is 2.59 bits per heavy atom. The van der Waals surface area contributed by atoms with E-state index in [0.29, 0.717) is 40.6 Å². The molecule has 5 atom stereocenters. The molecular weight excluding hydrogens is 737 g/mol. The van der Waals surface area contributed by atoms with Crippen molar-refractivity contribution in [3.05, 3.63) is 47.4 Å². The van der Waals surface area contributed by atoms with Crippen molar-refractivity contribution in [3.8, 4) is 17.1 Å². The number of anilines is 1. The number of rotatable bonds is 8. The molecule has 3 aromatic rings. The number of hydrogen-bond donors (Lipinski definition) is 4. The number of thiazole rings is 1. The van der Waals surface area contributed by atoms with Crippen LogP contribution >= 0.6 is 11.3 Å². The number of ether oxygens (including phenoxy) is 2. The number of benzene rings is 1. The number of aliphatic carboxylic acids is 1. The number of carbonyl (C=O) groups is 5. The number of nitrogens with zero attached hydrogens (tertiary/aromatic N) is 3. The minimum Gasteiger partial charge on any atom is -0.488 e. The van der Waals surface area contributed by atoms with Crippen LogP contribution in [0.4, 0.5) is 9.93 Å². The number of nitrogens with one attached hydrogen (secondary N) is 3. The smallest absolute Gasteiger partial charge is 0.408 e. The van der Waals surface area contributed by atoms with Crippen molar-refractivity contribution in [2.24, 2.45) is 11.8 Å². The van der Waals surface area contributed by atoms with E-state index in [9.17, 15) is 29.1 Å². The van der Waals surface area contributed by atoms with Crippen LogP contribution in [0.25, 0.3) is 22.3 Å². The zero-order valence-corrected chi connectivity index (χ0v) is 32.9. The lowest BCUT2D eigenvalue weighted by molar-refractivity contribution is -0.145. The van der Waals surface area contributed by atoms with E-state index >= 15 is 0 Å². The third kappa shape index (κ3) is 8.52. The second kappa shape index (κ2) is 16.6. The highest BCUT2D eigenvalue weighted by Crippen LogP contribution is 2.45. The van der Waals surface area contributed by atoms with Gasteiger partial charge in [-0.25, -0.2) is 19.6 Å². The second-order valence-corrected chi connectivity index (χ2v) is 16.6. The Morgan fingerprint density at radius 1 is 1.04 bits per heavy atom. The molecule has 4 aliphatic rings.